The van der Waals surface area contributed by atoms with Gasteiger partial charge in [0.15, 0.2) is 0 Å². The fraction of sp³-hybridized carbons (Fsp3) is 0.269. The molecule has 3 nitrogen and oxygen atoms in total. The quantitative estimate of drug-likeness (QED) is 0.334. The number of methoxy groups -OCH3 is 1. The SMILES string of the molecule is COC(=O)c1cc2c(cc1F)-c1ccc(SCc3ccc(C(C)(C)C)cc3)cc1CO2. The first-order chi connectivity index (χ1) is 14.8. The lowest BCUT2D eigenvalue weighted by Crippen LogP contribution is -2.10. The molecular formula is C26H25FO3S. The third kappa shape index (κ3) is 4.47. The molecule has 0 unspecified atom stereocenters. The van der Waals surface area contributed by atoms with Crippen LogP contribution in [0.4, 0.5) is 4.39 Å². The molecule has 160 valence electrons. The molecule has 0 amide bonds. The van der Waals surface area contributed by atoms with Crippen molar-refractivity contribution in [3.8, 4) is 16.9 Å². The zero-order valence-electron chi connectivity index (χ0n) is 18.1. The van der Waals surface area contributed by atoms with Crippen LogP contribution >= 0.6 is 11.8 Å². The van der Waals surface area contributed by atoms with E-state index in [4.69, 9.17) is 4.74 Å². The van der Waals surface area contributed by atoms with Gasteiger partial charge in [-0.05, 0) is 51.9 Å². The second-order valence-electron chi connectivity index (χ2n) is 8.66. The molecule has 0 radical (unpaired) electrons. The van der Waals surface area contributed by atoms with E-state index in [9.17, 15) is 9.18 Å². The summed E-state index contributed by atoms with van der Waals surface area (Å²) in [4.78, 5) is 12.9. The lowest BCUT2D eigenvalue weighted by molar-refractivity contribution is 0.0595. The van der Waals surface area contributed by atoms with Crippen molar-refractivity contribution in [3.63, 3.8) is 0 Å². The number of ether oxygens (including phenoxy) is 2. The predicted molar refractivity (Wildman–Crippen MR) is 122 cm³/mol. The Balaban J connectivity index is 1.53. The Labute approximate surface area is 186 Å². The number of hydrogen-bond donors (Lipinski definition) is 0. The molecule has 1 aliphatic rings. The number of esters is 1. The van der Waals surface area contributed by atoms with Crippen LogP contribution in [-0.4, -0.2) is 13.1 Å². The number of rotatable bonds is 4. The Kier molecular flexibility index (Phi) is 5.80. The lowest BCUT2D eigenvalue weighted by Gasteiger charge is -2.22. The Morgan fingerprint density at radius 3 is 2.48 bits per heavy atom. The van der Waals surface area contributed by atoms with Gasteiger partial charge in [-0.3, -0.25) is 0 Å². The number of thioether (sulfide) groups is 1. The summed E-state index contributed by atoms with van der Waals surface area (Å²) in [6, 6.07) is 17.7. The average molecular weight is 437 g/mol. The molecule has 1 heterocycles. The average Bonchev–Trinajstić information content (AvgIpc) is 2.76. The summed E-state index contributed by atoms with van der Waals surface area (Å²) in [7, 11) is 1.23. The van der Waals surface area contributed by atoms with E-state index in [0.29, 0.717) is 17.9 Å². The molecule has 0 spiro atoms. The first kappa shape index (κ1) is 21.4. The van der Waals surface area contributed by atoms with Crippen LogP contribution in [0.2, 0.25) is 0 Å². The maximum Gasteiger partial charge on any atom is 0.340 e. The number of benzene rings is 3. The third-order valence-corrected chi connectivity index (χ3v) is 6.52. The highest BCUT2D eigenvalue weighted by Gasteiger charge is 2.23. The van der Waals surface area contributed by atoms with Crippen molar-refractivity contribution in [3.05, 3.63) is 82.7 Å². The molecule has 0 N–H and O–H groups in total. The zero-order valence-corrected chi connectivity index (χ0v) is 18.9. The van der Waals surface area contributed by atoms with Crippen LogP contribution < -0.4 is 4.74 Å². The van der Waals surface area contributed by atoms with E-state index in [1.807, 2.05) is 12.1 Å². The fourth-order valence-electron chi connectivity index (χ4n) is 3.61. The Hall–Kier alpha value is -2.79. The van der Waals surface area contributed by atoms with E-state index in [2.05, 4.69) is 55.8 Å². The van der Waals surface area contributed by atoms with Crippen LogP contribution in [0.25, 0.3) is 11.1 Å². The highest BCUT2D eigenvalue weighted by molar-refractivity contribution is 7.98. The summed E-state index contributed by atoms with van der Waals surface area (Å²) in [5, 5.41) is 0. The topological polar surface area (TPSA) is 35.5 Å². The summed E-state index contributed by atoms with van der Waals surface area (Å²) in [6.45, 7) is 7.02. The van der Waals surface area contributed by atoms with E-state index in [-0.39, 0.29) is 11.0 Å². The first-order valence-corrected chi connectivity index (χ1v) is 11.1. The summed E-state index contributed by atoms with van der Waals surface area (Å²) in [5.41, 5.74) is 5.22. The molecule has 0 aromatic heterocycles. The van der Waals surface area contributed by atoms with Gasteiger partial charge in [-0.1, -0.05) is 51.1 Å². The van der Waals surface area contributed by atoms with Crippen LogP contribution in [0, 0.1) is 5.82 Å². The van der Waals surface area contributed by atoms with Crippen molar-refractivity contribution >= 4 is 17.7 Å². The van der Waals surface area contributed by atoms with Gasteiger partial charge in [0.2, 0.25) is 0 Å². The molecule has 31 heavy (non-hydrogen) atoms. The highest BCUT2D eigenvalue weighted by Crippen LogP contribution is 2.40. The van der Waals surface area contributed by atoms with Gasteiger partial charge in [0, 0.05) is 16.2 Å². The van der Waals surface area contributed by atoms with E-state index in [1.54, 1.807) is 11.8 Å². The van der Waals surface area contributed by atoms with Crippen LogP contribution in [0.5, 0.6) is 5.75 Å². The van der Waals surface area contributed by atoms with Gasteiger partial charge in [0.05, 0.1) is 12.7 Å². The minimum Gasteiger partial charge on any atom is -0.488 e. The monoisotopic (exact) mass is 436 g/mol. The fourth-order valence-corrected chi connectivity index (χ4v) is 4.53. The van der Waals surface area contributed by atoms with Gasteiger partial charge in [-0.25, -0.2) is 9.18 Å². The van der Waals surface area contributed by atoms with Crippen molar-refractivity contribution in [1.29, 1.82) is 0 Å². The molecule has 3 aromatic carbocycles. The van der Waals surface area contributed by atoms with Gasteiger partial charge < -0.3 is 9.47 Å². The number of hydrogen-bond acceptors (Lipinski definition) is 4. The number of carbonyl (C=O) groups excluding carboxylic acids is 1. The van der Waals surface area contributed by atoms with E-state index in [1.165, 1.54) is 30.4 Å². The maximum atomic E-state index is 14.4. The van der Waals surface area contributed by atoms with Gasteiger partial charge in [0.25, 0.3) is 0 Å². The minimum absolute atomic E-state index is 0.116. The minimum atomic E-state index is -0.711. The molecule has 0 aliphatic carbocycles. The lowest BCUT2D eigenvalue weighted by atomic mass is 9.87. The largest absolute Gasteiger partial charge is 0.488 e. The van der Waals surface area contributed by atoms with Gasteiger partial charge in [0.1, 0.15) is 18.2 Å². The highest BCUT2D eigenvalue weighted by atomic mass is 32.2. The smallest absolute Gasteiger partial charge is 0.340 e. The number of carbonyl (C=O) groups is 1. The second-order valence-corrected chi connectivity index (χ2v) is 9.71. The maximum absolute atomic E-state index is 14.4. The molecule has 5 heteroatoms. The van der Waals surface area contributed by atoms with Gasteiger partial charge in [-0.2, -0.15) is 0 Å². The van der Waals surface area contributed by atoms with E-state index in [0.717, 1.165) is 21.8 Å². The van der Waals surface area contributed by atoms with Crippen LogP contribution in [0.1, 0.15) is 47.8 Å². The van der Waals surface area contributed by atoms with Crippen molar-refractivity contribution < 1.29 is 18.7 Å². The molecule has 4 rings (SSSR count). The molecule has 0 saturated heterocycles. The van der Waals surface area contributed by atoms with Crippen LogP contribution in [-0.2, 0) is 22.5 Å². The molecule has 3 aromatic rings. The Morgan fingerprint density at radius 1 is 1.06 bits per heavy atom. The summed E-state index contributed by atoms with van der Waals surface area (Å²) >= 11 is 1.76. The summed E-state index contributed by atoms with van der Waals surface area (Å²) < 4.78 is 24.9. The van der Waals surface area contributed by atoms with E-state index < -0.39 is 11.8 Å². The third-order valence-electron chi connectivity index (χ3n) is 5.45. The summed E-state index contributed by atoms with van der Waals surface area (Å²) in [5.74, 6) is 0.0439. The normalized spacial score (nSPS) is 12.5. The van der Waals surface area contributed by atoms with Gasteiger partial charge >= 0.3 is 5.97 Å². The van der Waals surface area contributed by atoms with Gasteiger partial charge in [-0.15, -0.1) is 11.8 Å². The molecule has 1 aliphatic heterocycles. The number of fused-ring (bicyclic) bond motifs is 3. The molecular weight excluding hydrogens is 411 g/mol. The van der Waals surface area contributed by atoms with Crippen molar-refractivity contribution in [2.45, 2.75) is 43.4 Å². The van der Waals surface area contributed by atoms with E-state index >= 15 is 0 Å². The van der Waals surface area contributed by atoms with Crippen molar-refractivity contribution in [1.82, 2.24) is 0 Å². The molecule has 0 fully saturated rings. The first-order valence-electron chi connectivity index (χ1n) is 10.2. The summed E-state index contributed by atoms with van der Waals surface area (Å²) in [6.07, 6.45) is 0. The van der Waals surface area contributed by atoms with Crippen molar-refractivity contribution in [2.24, 2.45) is 0 Å². The molecule has 0 atom stereocenters. The Morgan fingerprint density at radius 2 is 1.81 bits per heavy atom. The zero-order chi connectivity index (χ0) is 22.2. The Bertz CT molecular complexity index is 1130. The number of halogens is 1. The molecule has 0 saturated carbocycles. The standard InChI is InChI=1S/C26H25FO3S/c1-26(2,3)18-7-5-16(6-8-18)15-31-19-9-10-20-17(11-19)14-30-24-13-22(25(28)29-4)23(27)12-21(20)24/h5-13H,14-15H2,1-4H3. The van der Waals surface area contributed by atoms with Crippen LogP contribution in [0.3, 0.4) is 0 Å². The predicted octanol–water partition coefficient (Wildman–Crippen LogP) is 6.76. The van der Waals surface area contributed by atoms with Crippen molar-refractivity contribution in [2.75, 3.05) is 7.11 Å². The molecule has 0 bridgehead atoms. The second kappa shape index (κ2) is 8.39. The van der Waals surface area contributed by atoms with Crippen LogP contribution in [0.15, 0.2) is 59.5 Å².